The Morgan fingerprint density at radius 2 is 2.00 bits per heavy atom. The molecule has 3 rings (SSSR count). The third-order valence-electron chi connectivity index (χ3n) is 3.73. The average molecular weight is 291 g/mol. The van der Waals surface area contributed by atoms with Gasteiger partial charge in [0.05, 0.1) is 10.7 Å². The number of fused-ring (bicyclic) bond motifs is 1. The molecule has 2 N–H and O–H groups in total. The lowest BCUT2D eigenvalue weighted by atomic mass is 10.1. The monoisotopic (exact) mass is 290 g/mol. The molecule has 104 valence electrons. The Labute approximate surface area is 123 Å². The number of nitrogens with two attached hydrogens (primary N) is 1. The minimum atomic E-state index is -0.223. The Balaban J connectivity index is 2.02. The molecule has 4 heteroatoms. The maximum atomic E-state index is 13.4. The second-order valence-electron chi connectivity index (χ2n) is 5.17. The van der Waals surface area contributed by atoms with E-state index >= 15 is 0 Å². The van der Waals surface area contributed by atoms with E-state index < -0.39 is 0 Å². The molecule has 1 atom stereocenters. The number of nitrogens with zero attached hydrogens (tertiary/aromatic N) is 1. The van der Waals surface area contributed by atoms with E-state index in [1.54, 1.807) is 6.07 Å². The molecular weight excluding hydrogens is 275 g/mol. The highest BCUT2D eigenvalue weighted by atomic mass is 35.5. The topological polar surface area (TPSA) is 29.3 Å². The van der Waals surface area contributed by atoms with Gasteiger partial charge in [-0.25, -0.2) is 4.39 Å². The number of rotatable bonds is 2. The molecule has 0 spiro atoms. The Morgan fingerprint density at radius 1 is 1.20 bits per heavy atom. The first-order valence-electron chi connectivity index (χ1n) is 6.67. The van der Waals surface area contributed by atoms with Gasteiger partial charge in [-0.15, -0.1) is 0 Å². The Bertz CT molecular complexity index is 655. The van der Waals surface area contributed by atoms with Crippen LogP contribution >= 0.6 is 11.6 Å². The molecule has 0 fully saturated rings. The predicted octanol–water partition coefficient (Wildman–Crippen LogP) is 4.19. The summed E-state index contributed by atoms with van der Waals surface area (Å²) in [5, 5.41) is 0.650. The fourth-order valence-corrected chi connectivity index (χ4v) is 2.92. The van der Waals surface area contributed by atoms with E-state index in [4.69, 9.17) is 17.3 Å². The number of halogens is 2. The van der Waals surface area contributed by atoms with Gasteiger partial charge in [0.1, 0.15) is 5.82 Å². The highest BCUT2D eigenvalue weighted by Crippen LogP contribution is 2.39. The van der Waals surface area contributed by atoms with E-state index in [0.717, 1.165) is 35.5 Å². The third-order valence-corrected chi connectivity index (χ3v) is 4.03. The van der Waals surface area contributed by atoms with Crippen LogP contribution < -0.4 is 10.6 Å². The van der Waals surface area contributed by atoms with Crippen LogP contribution in [0.15, 0.2) is 36.4 Å². The van der Waals surface area contributed by atoms with Gasteiger partial charge in [0.15, 0.2) is 0 Å². The Hall–Kier alpha value is -1.58. The van der Waals surface area contributed by atoms with E-state index in [-0.39, 0.29) is 11.9 Å². The van der Waals surface area contributed by atoms with Crippen molar-refractivity contribution in [1.82, 2.24) is 0 Å². The van der Waals surface area contributed by atoms with Crippen molar-refractivity contribution >= 4 is 23.0 Å². The smallest absolute Gasteiger partial charge is 0.125 e. The van der Waals surface area contributed by atoms with Gasteiger partial charge < -0.3 is 10.6 Å². The molecule has 0 radical (unpaired) electrons. The van der Waals surface area contributed by atoms with Crippen molar-refractivity contribution < 1.29 is 4.39 Å². The van der Waals surface area contributed by atoms with Crippen molar-refractivity contribution in [2.24, 2.45) is 5.73 Å². The first kappa shape index (κ1) is 13.4. The number of hydrogen-bond donors (Lipinski definition) is 1. The van der Waals surface area contributed by atoms with Gasteiger partial charge in [-0.1, -0.05) is 23.7 Å². The summed E-state index contributed by atoms with van der Waals surface area (Å²) in [5.74, 6) is -0.223. The molecule has 0 aliphatic carbocycles. The zero-order chi connectivity index (χ0) is 14.3. The summed E-state index contributed by atoms with van der Waals surface area (Å²) < 4.78 is 13.4. The molecule has 1 heterocycles. The van der Waals surface area contributed by atoms with Crippen LogP contribution in [0.5, 0.6) is 0 Å². The first-order chi connectivity index (χ1) is 9.56. The Kier molecular flexibility index (Phi) is 3.40. The van der Waals surface area contributed by atoms with Crippen molar-refractivity contribution in [3.63, 3.8) is 0 Å². The molecule has 0 saturated carbocycles. The van der Waals surface area contributed by atoms with Gasteiger partial charge in [-0.3, -0.25) is 0 Å². The number of anilines is 2. The molecule has 0 saturated heterocycles. The molecule has 0 aromatic heterocycles. The minimum absolute atomic E-state index is 0.0511. The molecule has 1 aliphatic rings. The summed E-state index contributed by atoms with van der Waals surface area (Å²) in [5.41, 5.74) is 9.82. The summed E-state index contributed by atoms with van der Waals surface area (Å²) in [6.45, 7) is 2.74. The SMILES string of the molecule is C[C@@H](N)c1ccc(N2CCc3ccc(F)cc32)c(Cl)c1. The highest BCUT2D eigenvalue weighted by Gasteiger charge is 2.22. The van der Waals surface area contributed by atoms with Crippen molar-refractivity contribution in [3.8, 4) is 0 Å². The van der Waals surface area contributed by atoms with Crippen molar-refractivity contribution in [1.29, 1.82) is 0 Å². The summed E-state index contributed by atoms with van der Waals surface area (Å²) in [4.78, 5) is 2.06. The van der Waals surface area contributed by atoms with Gasteiger partial charge in [-0.05, 0) is 48.7 Å². The average Bonchev–Trinajstić information content (AvgIpc) is 2.81. The molecular formula is C16H16ClFN2. The van der Waals surface area contributed by atoms with E-state index in [0.29, 0.717) is 5.02 Å². The molecule has 20 heavy (non-hydrogen) atoms. The molecule has 0 bridgehead atoms. The van der Waals surface area contributed by atoms with E-state index in [1.807, 2.05) is 31.2 Å². The maximum absolute atomic E-state index is 13.4. The van der Waals surface area contributed by atoms with Gasteiger partial charge >= 0.3 is 0 Å². The van der Waals surface area contributed by atoms with Crippen LogP contribution in [0.3, 0.4) is 0 Å². The van der Waals surface area contributed by atoms with Crippen LogP contribution in [0.4, 0.5) is 15.8 Å². The summed E-state index contributed by atoms with van der Waals surface area (Å²) in [6.07, 6.45) is 0.904. The van der Waals surface area contributed by atoms with E-state index in [9.17, 15) is 4.39 Å². The molecule has 2 aromatic rings. The number of hydrogen-bond acceptors (Lipinski definition) is 2. The normalized spacial score (nSPS) is 15.3. The molecule has 2 aromatic carbocycles. The van der Waals surface area contributed by atoms with Gasteiger partial charge in [0.25, 0.3) is 0 Å². The fraction of sp³-hybridized carbons (Fsp3) is 0.250. The molecule has 0 amide bonds. The first-order valence-corrected chi connectivity index (χ1v) is 7.05. The molecule has 2 nitrogen and oxygen atoms in total. The predicted molar refractivity (Wildman–Crippen MR) is 81.2 cm³/mol. The fourth-order valence-electron chi connectivity index (χ4n) is 2.63. The second-order valence-corrected chi connectivity index (χ2v) is 5.58. The van der Waals surface area contributed by atoms with Crippen molar-refractivity contribution in [2.75, 3.05) is 11.4 Å². The van der Waals surface area contributed by atoms with E-state index in [2.05, 4.69) is 4.90 Å². The van der Waals surface area contributed by atoms with Crippen LogP contribution in [-0.2, 0) is 6.42 Å². The molecule has 1 aliphatic heterocycles. The number of benzene rings is 2. The van der Waals surface area contributed by atoms with Crippen LogP contribution in [0.25, 0.3) is 0 Å². The third kappa shape index (κ3) is 2.28. The van der Waals surface area contributed by atoms with Gasteiger partial charge in [0.2, 0.25) is 0 Å². The lowest BCUT2D eigenvalue weighted by Gasteiger charge is -2.22. The second kappa shape index (κ2) is 5.08. The van der Waals surface area contributed by atoms with Gasteiger partial charge in [-0.2, -0.15) is 0 Å². The Morgan fingerprint density at radius 3 is 2.70 bits per heavy atom. The summed E-state index contributed by atoms with van der Waals surface area (Å²) in [6, 6.07) is 10.7. The van der Waals surface area contributed by atoms with Crippen LogP contribution in [0, 0.1) is 5.82 Å². The van der Waals surface area contributed by atoms with Crippen LogP contribution in [0.1, 0.15) is 24.1 Å². The van der Waals surface area contributed by atoms with Crippen LogP contribution in [0.2, 0.25) is 5.02 Å². The zero-order valence-corrected chi connectivity index (χ0v) is 12.0. The quantitative estimate of drug-likeness (QED) is 0.898. The minimum Gasteiger partial charge on any atom is -0.340 e. The van der Waals surface area contributed by atoms with Crippen molar-refractivity contribution in [3.05, 3.63) is 58.4 Å². The lowest BCUT2D eigenvalue weighted by Crippen LogP contribution is -2.14. The highest BCUT2D eigenvalue weighted by molar-refractivity contribution is 6.33. The lowest BCUT2D eigenvalue weighted by molar-refractivity contribution is 0.628. The summed E-state index contributed by atoms with van der Waals surface area (Å²) >= 11 is 6.37. The molecule has 0 unspecified atom stereocenters. The largest absolute Gasteiger partial charge is 0.340 e. The summed E-state index contributed by atoms with van der Waals surface area (Å²) in [7, 11) is 0. The van der Waals surface area contributed by atoms with Crippen molar-refractivity contribution in [2.45, 2.75) is 19.4 Å². The van der Waals surface area contributed by atoms with Gasteiger partial charge in [0, 0.05) is 18.3 Å². The standard InChI is InChI=1S/C16H16ClFN2/c1-10(19)12-3-5-15(14(17)8-12)20-7-6-11-2-4-13(18)9-16(11)20/h2-5,8-10H,6-7,19H2,1H3/t10-/m1/s1. The zero-order valence-electron chi connectivity index (χ0n) is 11.2. The van der Waals surface area contributed by atoms with Crippen LogP contribution in [-0.4, -0.2) is 6.54 Å². The van der Waals surface area contributed by atoms with E-state index in [1.165, 1.54) is 6.07 Å². The maximum Gasteiger partial charge on any atom is 0.125 e.